The van der Waals surface area contributed by atoms with Gasteiger partial charge in [-0.2, -0.15) is 5.10 Å². The molecule has 1 aliphatic heterocycles. The van der Waals surface area contributed by atoms with Gasteiger partial charge >= 0.3 is 0 Å². The Hall–Kier alpha value is -0.870. The molecule has 3 rings (SSSR count). The molecule has 0 N–H and O–H groups in total. The maximum absolute atomic E-state index is 5.79. The normalized spacial score (nSPS) is 34.6. The van der Waals surface area contributed by atoms with E-state index in [0.717, 1.165) is 11.8 Å². The minimum atomic E-state index is 0.308. The number of methoxy groups -OCH3 is 1. The third-order valence-electron chi connectivity index (χ3n) is 5.22. The minimum Gasteiger partial charge on any atom is -0.379 e. The topological polar surface area (TPSA) is 30.3 Å². The molecule has 0 aromatic carbocycles. The Morgan fingerprint density at radius 3 is 2.50 bits per heavy atom. The van der Waals surface area contributed by atoms with Crippen LogP contribution >= 0.6 is 0 Å². The lowest BCUT2D eigenvalue weighted by atomic mass is 9.77. The first-order chi connectivity index (χ1) is 9.58. The van der Waals surface area contributed by atoms with E-state index in [1.165, 1.54) is 31.5 Å². The van der Waals surface area contributed by atoms with E-state index in [1.807, 2.05) is 13.3 Å². The molecule has 4 nitrogen and oxygen atoms in total. The molecule has 1 saturated heterocycles. The number of fused-ring (bicyclic) bond motifs is 1. The summed E-state index contributed by atoms with van der Waals surface area (Å²) in [6.07, 6.45) is 6.80. The molecule has 0 unspecified atom stereocenters. The summed E-state index contributed by atoms with van der Waals surface area (Å²) in [6, 6.07) is 1.06. The number of nitrogens with zero attached hydrogens (tertiary/aromatic N) is 3. The second-order valence-corrected chi connectivity index (χ2v) is 6.88. The van der Waals surface area contributed by atoms with Crippen LogP contribution in [-0.4, -0.2) is 47.0 Å². The quantitative estimate of drug-likeness (QED) is 0.850. The van der Waals surface area contributed by atoms with Crippen molar-refractivity contribution in [1.82, 2.24) is 14.7 Å². The van der Waals surface area contributed by atoms with Crippen LogP contribution in [0.4, 0.5) is 0 Å². The average molecular weight is 277 g/mol. The van der Waals surface area contributed by atoms with E-state index < -0.39 is 0 Å². The van der Waals surface area contributed by atoms with Crippen LogP contribution in [0.5, 0.6) is 0 Å². The van der Waals surface area contributed by atoms with Crippen molar-refractivity contribution in [2.75, 3.05) is 20.2 Å². The fourth-order valence-electron chi connectivity index (χ4n) is 3.99. The Bertz CT molecular complexity index is 456. The number of aromatic nitrogens is 2. The van der Waals surface area contributed by atoms with Gasteiger partial charge in [0.25, 0.3) is 0 Å². The van der Waals surface area contributed by atoms with Gasteiger partial charge in [0.1, 0.15) is 0 Å². The van der Waals surface area contributed by atoms with E-state index in [1.54, 1.807) is 0 Å². The Morgan fingerprint density at radius 2 is 1.95 bits per heavy atom. The highest BCUT2D eigenvalue weighted by Gasteiger charge is 2.43. The van der Waals surface area contributed by atoms with Crippen molar-refractivity contribution in [2.45, 2.75) is 51.8 Å². The lowest BCUT2D eigenvalue weighted by Gasteiger charge is -2.37. The van der Waals surface area contributed by atoms with Crippen molar-refractivity contribution < 1.29 is 4.74 Å². The maximum Gasteiger partial charge on any atom is 0.0798 e. The predicted molar refractivity (Wildman–Crippen MR) is 79.7 cm³/mol. The third kappa shape index (κ3) is 2.51. The first-order valence-electron chi connectivity index (χ1n) is 7.86. The highest BCUT2D eigenvalue weighted by atomic mass is 16.5. The van der Waals surface area contributed by atoms with Gasteiger partial charge in [-0.3, -0.25) is 4.68 Å². The van der Waals surface area contributed by atoms with E-state index in [9.17, 15) is 0 Å². The zero-order chi connectivity index (χ0) is 14.3. The Kier molecular flexibility index (Phi) is 3.87. The summed E-state index contributed by atoms with van der Waals surface area (Å²) in [5, 5.41) is 4.53. The van der Waals surface area contributed by atoms with Gasteiger partial charge in [0.2, 0.25) is 0 Å². The van der Waals surface area contributed by atoms with Gasteiger partial charge in [-0.1, -0.05) is 0 Å². The largest absolute Gasteiger partial charge is 0.379 e. The Balaban J connectivity index is 1.76. The van der Waals surface area contributed by atoms with Crippen molar-refractivity contribution in [3.8, 4) is 0 Å². The van der Waals surface area contributed by atoms with E-state index in [0.29, 0.717) is 18.2 Å². The standard InChI is InChI=1S/C16H27N3O/c1-11(2)18-9-13-5-15(19-8-12(3)7-17-19)16(20-4)6-14(13)10-18/h7-8,11,13-16H,5-6,9-10H2,1-4H3/t13-,14+,15-,16-/m0/s1. The maximum atomic E-state index is 5.79. The predicted octanol–water partition coefficient (Wildman–Crippen LogP) is 2.50. The minimum absolute atomic E-state index is 0.308. The molecular formula is C16H27N3O. The molecule has 4 heteroatoms. The monoisotopic (exact) mass is 277 g/mol. The van der Waals surface area contributed by atoms with Gasteiger partial charge in [-0.25, -0.2) is 0 Å². The van der Waals surface area contributed by atoms with E-state index in [2.05, 4.69) is 41.6 Å². The molecule has 2 aliphatic rings. The first-order valence-corrected chi connectivity index (χ1v) is 7.86. The molecule has 1 aromatic heterocycles. The number of hydrogen-bond acceptors (Lipinski definition) is 3. The fourth-order valence-corrected chi connectivity index (χ4v) is 3.99. The van der Waals surface area contributed by atoms with Crippen molar-refractivity contribution >= 4 is 0 Å². The van der Waals surface area contributed by atoms with Gasteiger partial charge in [-0.15, -0.1) is 0 Å². The molecule has 20 heavy (non-hydrogen) atoms. The van der Waals surface area contributed by atoms with Gasteiger partial charge < -0.3 is 9.64 Å². The van der Waals surface area contributed by atoms with Crippen LogP contribution in [0.25, 0.3) is 0 Å². The lowest BCUT2D eigenvalue weighted by molar-refractivity contribution is -0.00489. The zero-order valence-corrected chi connectivity index (χ0v) is 13.1. The summed E-state index contributed by atoms with van der Waals surface area (Å²) in [7, 11) is 1.85. The van der Waals surface area contributed by atoms with Crippen molar-refractivity contribution in [2.24, 2.45) is 11.8 Å². The van der Waals surface area contributed by atoms with Gasteiger partial charge in [0.15, 0.2) is 0 Å². The summed E-state index contributed by atoms with van der Waals surface area (Å²) >= 11 is 0. The molecule has 4 atom stereocenters. The second-order valence-electron chi connectivity index (χ2n) is 6.88. The number of aryl methyl sites for hydroxylation is 1. The second kappa shape index (κ2) is 5.49. The summed E-state index contributed by atoms with van der Waals surface area (Å²) in [5.74, 6) is 1.61. The summed E-state index contributed by atoms with van der Waals surface area (Å²) in [4.78, 5) is 2.62. The number of ether oxygens (including phenoxy) is 1. The SMILES string of the molecule is CO[C@H]1C[C@@H]2CN(C(C)C)C[C@@H]2C[C@@H]1n1cc(C)cn1. The van der Waals surface area contributed by atoms with E-state index in [4.69, 9.17) is 4.74 Å². The lowest BCUT2D eigenvalue weighted by Crippen LogP contribution is -2.37. The molecule has 1 aromatic rings. The van der Waals surface area contributed by atoms with Crippen LogP contribution in [-0.2, 0) is 4.74 Å². The molecule has 1 aliphatic carbocycles. The average Bonchev–Trinajstić information content (AvgIpc) is 3.02. The Labute approximate surface area is 122 Å². The number of rotatable bonds is 3. The van der Waals surface area contributed by atoms with Crippen molar-refractivity contribution in [3.63, 3.8) is 0 Å². The van der Waals surface area contributed by atoms with Crippen LogP contribution in [0.3, 0.4) is 0 Å². The highest BCUT2D eigenvalue weighted by molar-refractivity contribution is 5.03. The summed E-state index contributed by atoms with van der Waals surface area (Å²) < 4.78 is 7.93. The van der Waals surface area contributed by atoms with Crippen LogP contribution in [0, 0.1) is 18.8 Å². The molecular weight excluding hydrogens is 250 g/mol. The van der Waals surface area contributed by atoms with Gasteiger partial charge in [0, 0.05) is 32.4 Å². The van der Waals surface area contributed by atoms with E-state index in [-0.39, 0.29) is 0 Å². The molecule has 112 valence electrons. The van der Waals surface area contributed by atoms with Gasteiger partial charge in [-0.05, 0) is 51.0 Å². The molecule has 0 bridgehead atoms. The fraction of sp³-hybridized carbons (Fsp3) is 0.812. The Morgan fingerprint density at radius 1 is 1.25 bits per heavy atom. The molecule has 2 heterocycles. The zero-order valence-electron chi connectivity index (χ0n) is 13.1. The smallest absolute Gasteiger partial charge is 0.0798 e. The van der Waals surface area contributed by atoms with E-state index >= 15 is 0 Å². The number of likely N-dealkylation sites (tertiary alicyclic amines) is 1. The van der Waals surface area contributed by atoms with Crippen molar-refractivity contribution in [3.05, 3.63) is 18.0 Å². The molecule has 0 radical (unpaired) electrons. The van der Waals surface area contributed by atoms with Crippen LogP contribution < -0.4 is 0 Å². The van der Waals surface area contributed by atoms with Crippen molar-refractivity contribution in [1.29, 1.82) is 0 Å². The summed E-state index contributed by atoms with van der Waals surface area (Å²) in [5.41, 5.74) is 1.23. The van der Waals surface area contributed by atoms with Crippen LogP contribution in [0.15, 0.2) is 12.4 Å². The molecule has 0 spiro atoms. The number of hydrogen-bond donors (Lipinski definition) is 0. The molecule has 2 fully saturated rings. The van der Waals surface area contributed by atoms with Crippen LogP contribution in [0.1, 0.15) is 38.3 Å². The first kappa shape index (κ1) is 14.1. The highest BCUT2D eigenvalue weighted by Crippen LogP contribution is 2.42. The molecule has 0 amide bonds. The van der Waals surface area contributed by atoms with Crippen LogP contribution in [0.2, 0.25) is 0 Å². The third-order valence-corrected chi connectivity index (χ3v) is 5.22. The van der Waals surface area contributed by atoms with Gasteiger partial charge in [0.05, 0.1) is 18.3 Å². The molecule has 1 saturated carbocycles. The summed E-state index contributed by atoms with van der Waals surface area (Å²) in [6.45, 7) is 9.20.